The van der Waals surface area contributed by atoms with Crippen molar-refractivity contribution in [2.24, 2.45) is 0 Å². The van der Waals surface area contributed by atoms with Crippen LogP contribution in [0.3, 0.4) is 0 Å². The zero-order valence-electron chi connectivity index (χ0n) is 13.6. The maximum atomic E-state index is 5.51. The lowest BCUT2D eigenvalue weighted by Gasteiger charge is -2.24. The number of aryl methyl sites for hydroxylation is 2. The second-order valence-corrected chi connectivity index (χ2v) is 5.94. The molecule has 1 aromatic carbocycles. The van der Waals surface area contributed by atoms with Gasteiger partial charge in [-0.05, 0) is 57.9 Å². The van der Waals surface area contributed by atoms with E-state index in [0.717, 1.165) is 30.3 Å². The number of ether oxygens (including phenoxy) is 1. The van der Waals surface area contributed by atoms with Gasteiger partial charge in [0.2, 0.25) is 0 Å². The minimum Gasteiger partial charge on any atom is -0.494 e. The van der Waals surface area contributed by atoms with Crippen LogP contribution in [0.4, 0.5) is 0 Å². The Hall–Kier alpha value is -1.81. The summed E-state index contributed by atoms with van der Waals surface area (Å²) < 4.78 is 10.9. The van der Waals surface area contributed by atoms with Crippen molar-refractivity contribution < 1.29 is 9.26 Å². The lowest BCUT2D eigenvalue weighted by atomic mass is 10.0. The summed E-state index contributed by atoms with van der Waals surface area (Å²) in [6, 6.07) is 8.86. The van der Waals surface area contributed by atoms with Crippen LogP contribution < -0.4 is 4.74 Å². The summed E-state index contributed by atoms with van der Waals surface area (Å²) >= 11 is 0. The molecule has 118 valence electrons. The molecule has 0 saturated carbocycles. The minimum absolute atomic E-state index is 0.429. The third-order valence-electron chi connectivity index (χ3n) is 4.41. The summed E-state index contributed by atoms with van der Waals surface area (Å²) in [4.78, 5) is 2.53. The van der Waals surface area contributed by atoms with Crippen molar-refractivity contribution in [2.75, 3.05) is 13.2 Å². The first-order valence-corrected chi connectivity index (χ1v) is 8.07. The van der Waals surface area contributed by atoms with Gasteiger partial charge in [-0.1, -0.05) is 17.3 Å². The number of hydrogen-bond donors (Lipinski definition) is 0. The van der Waals surface area contributed by atoms with E-state index >= 15 is 0 Å². The fourth-order valence-corrected chi connectivity index (χ4v) is 3.40. The largest absolute Gasteiger partial charge is 0.494 e. The zero-order chi connectivity index (χ0) is 15.5. The minimum atomic E-state index is 0.429. The van der Waals surface area contributed by atoms with Crippen LogP contribution in [-0.4, -0.2) is 23.2 Å². The molecule has 0 bridgehead atoms. The molecule has 3 rings (SSSR count). The number of benzene rings is 1. The summed E-state index contributed by atoms with van der Waals surface area (Å²) in [5.41, 5.74) is 3.63. The van der Waals surface area contributed by atoms with Gasteiger partial charge in [-0.2, -0.15) is 0 Å². The van der Waals surface area contributed by atoms with E-state index in [1.807, 2.05) is 20.8 Å². The van der Waals surface area contributed by atoms with E-state index in [-0.39, 0.29) is 0 Å². The van der Waals surface area contributed by atoms with Gasteiger partial charge in [0.25, 0.3) is 0 Å². The number of rotatable bonds is 5. The van der Waals surface area contributed by atoms with Crippen molar-refractivity contribution in [2.45, 2.75) is 46.2 Å². The molecular formula is C18H24N2O2. The predicted octanol–water partition coefficient (Wildman–Crippen LogP) is 4.03. The molecule has 0 spiro atoms. The molecule has 2 aromatic rings. The molecule has 4 heteroatoms. The summed E-state index contributed by atoms with van der Waals surface area (Å²) in [5.74, 6) is 1.90. The number of likely N-dealkylation sites (tertiary alicyclic amines) is 1. The van der Waals surface area contributed by atoms with Crippen molar-refractivity contribution in [3.05, 3.63) is 46.8 Å². The molecule has 1 saturated heterocycles. The molecule has 0 amide bonds. The van der Waals surface area contributed by atoms with Crippen LogP contribution in [0.1, 0.15) is 48.4 Å². The third kappa shape index (κ3) is 3.02. The maximum absolute atomic E-state index is 5.51. The van der Waals surface area contributed by atoms with Crippen LogP contribution in [0.2, 0.25) is 0 Å². The van der Waals surface area contributed by atoms with Gasteiger partial charge in [-0.15, -0.1) is 0 Å². The SMILES string of the molecule is CCOc1ccc(CN2CCCC2c2c(C)noc2C)cc1. The highest BCUT2D eigenvalue weighted by Crippen LogP contribution is 2.36. The van der Waals surface area contributed by atoms with Gasteiger partial charge in [0.15, 0.2) is 0 Å². The van der Waals surface area contributed by atoms with Crippen LogP contribution in [0.25, 0.3) is 0 Å². The van der Waals surface area contributed by atoms with Crippen LogP contribution in [-0.2, 0) is 6.54 Å². The molecule has 0 aliphatic carbocycles. The number of nitrogens with zero attached hydrogens (tertiary/aromatic N) is 2. The lowest BCUT2D eigenvalue weighted by molar-refractivity contribution is 0.245. The molecule has 2 heterocycles. The van der Waals surface area contributed by atoms with Gasteiger partial charge >= 0.3 is 0 Å². The van der Waals surface area contributed by atoms with Gasteiger partial charge in [0, 0.05) is 18.2 Å². The molecule has 1 aliphatic rings. The highest BCUT2D eigenvalue weighted by atomic mass is 16.5. The average Bonchev–Trinajstić information content (AvgIpc) is 3.08. The molecule has 1 atom stereocenters. The van der Waals surface area contributed by atoms with Crippen molar-refractivity contribution in [1.29, 1.82) is 0 Å². The van der Waals surface area contributed by atoms with Crippen LogP contribution in [0, 0.1) is 13.8 Å². The summed E-state index contributed by atoms with van der Waals surface area (Å²) in [7, 11) is 0. The smallest absolute Gasteiger partial charge is 0.138 e. The topological polar surface area (TPSA) is 38.5 Å². The van der Waals surface area contributed by atoms with Crippen LogP contribution >= 0.6 is 0 Å². The van der Waals surface area contributed by atoms with Gasteiger partial charge in [-0.25, -0.2) is 0 Å². The molecule has 1 aliphatic heterocycles. The second-order valence-electron chi connectivity index (χ2n) is 5.94. The number of hydrogen-bond acceptors (Lipinski definition) is 4. The molecule has 1 fully saturated rings. The fourth-order valence-electron chi connectivity index (χ4n) is 3.40. The van der Waals surface area contributed by atoms with Gasteiger partial charge < -0.3 is 9.26 Å². The third-order valence-corrected chi connectivity index (χ3v) is 4.41. The Labute approximate surface area is 132 Å². The van der Waals surface area contributed by atoms with Crippen molar-refractivity contribution in [3.63, 3.8) is 0 Å². The van der Waals surface area contributed by atoms with E-state index in [9.17, 15) is 0 Å². The Bertz CT molecular complexity index is 599. The maximum Gasteiger partial charge on any atom is 0.138 e. The molecule has 4 nitrogen and oxygen atoms in total. The first kappa shape index (κ1) is 15.1. The quantitative estimate of drug-likeness (QED) is 0.835. The highest BCUT2D eigenvalue weighted by Gasteiger charge is 2.30. The van der Waals surface area contributed by atoms with Crippen LogP contribution in [0.5, 0.6) is 5.75 Å². The van der Waals surface area contributed by atoms with Crippen molar-refractivity contribution in [1.82, 2.24) is 10.1 Å². The average molecular weight is 300 g/mol. The first-order chi connectivity index (χ1) is 10.7. The zero-order valence-corrected chi connectivity index (χ0v) is 13.6. The Morgan fingerprint density at radius 2 is 2.05 bits per heavy atom. The highest BCUT2D eigenvalue weighted by molar-refractivity contribution is 5.29. The van der Waals surface area contributed by atoms with E-state index < -0.39 is 0 Å². The van der Waals surface area contributed by atoms with Gasteiger partial charge in [-0.3, -0.25) is 4.90 Å². The van der Waals surface area contributed by atoms with Crippen molar-refractivity contribution >= 4 is 0 Å². The molecule has 1 aromatic heterocycles. The molecule has 22 heavy (non-hydrogen) atoms. The predicted molar refractivity (Wildman–Crippen MR) is 86.0 cm³/mol. The lowest BCUT2D eigenvalue weighted by Crippen LogP contribution is -2.23. The summed E-state index contributed by atoms with van der Waals surface area (Å²) in [5, 5.41) is 4.12. The van der Waals surface area contributed by atoms with E-state index in [1.165, 1.54) is 24.0 Å². The fraction of sp³-hybridized carbons (Fsp3) is 0.500. The second kappa shape index (κ2) is 6.53. The number of aromatic nitrogens is 1. The molecule has 0 radical (unpaired) electrons. The first-order valence-electron chi connectivity index (χ1n) is 8.07. The Kier molecular flexibility index (Phi) is 4.48. The summed E-state index contributed by atoms with van der Waals surface area (Å²) in [6.45, 7) is 8.86. The van der Waals surface area contributed by atoms with E-state index in [4.69, 9.17) is 9.26 Å². The monoisotopic (exact) mass is 300 g/mol. The molecule has 1 unspecified atom stereocenters. The Morgan fingerprint density at radius 1 is 1.27 bits per heavy atom. The molecular weight excluding hydrogens is 276 g/mol. The van der Waals surface area contributed by atoms with Gasteiger partial charge in [0.1, 0.15) is 11.5 Å². The van der Waals surface area contributed by atoms with Gasteiger partial charge in [0.05, 0.1) is 12.3 Å². The Balaban J connectivity index is 1.74. The van der Waals surface area contributed by atoms with E-state index in [0.29, 0.717) is 12.6 Å². The van der Waals surface area contributed by atoms with E-state index in [1.54, 1.807) is 0 Å². The normalized spacial score (nSPS) is 18.8. The van der Waals surface area contributed by atoms with Crippen LogP contribution in [0.15, 0.2) is 28.8 Å². The molecule has 0 N–H and O–H groups in total. The van der Waals surface area contributed by atoms with E-state index in [2.05, 4.69) is 34.3 Å². The summed E-state index contributed by atoms with van der Waals surface area (Å²) in [6.07, 6.45) is 2.41. The van der Waals surface area contributed by atoms with Crippen molar-refractivity contribution in [3.8, 4) is 5.75 Å². The standard InChI is InChI=1S/C18H24N2O2/c1-4-21-16-9-7-15(8-10-16)12-20-11-5-6-17(20)18-13(2)19-22-14(18)3/h7-10,17H,4-6,11-12H2,1-3H3. The Morgan fingerprint density at radius 3 is 2.68 bits per heavy atom.